The van der Waals surface area contributed by atoms with Gasteiger partial charge in [-0.3, -0.25) is 4.79 Å². The third-order valence-corrected chi connectivity index (χ3v) is 5.43. The van der Waals surface area contributed by atoms with Gasteiger partial charge < -0.3 is 15.0 Å². The van der Waals surface area contributed by atoms with Crippen LogP contribution in [-0.4, -0.2) is 33.7 Å². The highest BCUT2D eigenvalue weighted by molar-refractivity contribution is 5.95. The van der Waals surface area contributed by atoms with Gasteiger partial charge in [0.1, 0.15) is 23.1 Å². The fraction of sp³-hybridized carbons (Fsp3) is 0.350. The van der Waals surface area contributed by atoms with Gasteiger partial charge in [0.2, 0.25) is 5.91 Å². The lowest BCUT2D eigenvalue weighted by molar-refractivity contribution is -0.120. The number of fused-ring (bicyclic) bond motifs is 5. The van der Waals surface area contributed by atoms with Crippen LogP contribution in [0.1, 0.15) is 31.4 Å². The lowest BCUT2D eigenvalue weighted by Crippen LogP contribution is -2.26. The van der Waals surface area contributed by atoms with Gasteiger partial charge in [-0.05, 0) is 37.1 Å². The summed E-state index contributed by atoms with van der Waals surface area (Å²) in [6, 6.07) is 6.43. The molecule has 2 aromatic heterocycles. The number of nitrogens with zero attached hydrogens (tertiary/aromatic N) is 4. The lowest BCUT2D eigenvalue weighted by Gasteiger charge is -2.27. The fourth-order valence-corrected chi connectivity index (χ4v) is 3.93. The van der Waals surface area contributed by atoms with Crippen molar-refractivity contribution < 1.29 is 13.9 Å². The van der Waals surface area contributed by atoms with Gasteiger partial charge in [-0.15, -0.1) is 0 Å². The number of nitrogens with one attached hydrogen (secondary N) is 1. The van der Waals surface area contributed by atoms with Crippen molar-refractivity contribution in [2.24, 2.45) is 5.92 Å². The molecular weight excluding hydrogens is 361 g/mol. The summed E-state index contributed by atoms with van der Waals surface area (Å²) >= 11 is 0. The second-order valence-corrected chi connectivity index (χ2v) is 7.35. The zero-order valence-electron chi connectivity index (χ0n) is 15.4. The van der Waals surface area contributed by atoms with Crippen LogP contribution in [0, 0.1) is 11.7 Å². The summed E-state index contributed by atoms with van der Waals surface area (Å²) in [5, 5.41) is 7.16. The Hall–Kier alpha value is -3.16. The van der Waals surface area contributed by atoms with Gasteiger partial charge in [0, 0.05) is 18.3 Å². The van der Waals surface area contributed by atoms with Gasteiger partial charge in [-0.25, -0.2) is 13.9 Å². The molecule has 1 saturated heterocycles. The van der Waals surface area contributed by atoms with Gasteiger partial charge in [-0.1, -0.05) is 6.92 Å². The first-order valence-electron chi connectivity index (χ1n) is 9.44. The van der Waals surface area contributed by atoms with E-state index in [1.807, 2.05) is 12.3 Å². The zero-order chi connectivity index (χ0) is 19.3. The zero-order valence-corrected chi connectivity index (χ0v) is 15.4. The summed E-state index contributed by atoms with van der Waals surface area (Å²) in [5.74, 6) is 0.516. The molecular formula is C20H20FN5O2. The maximum Gasteiger partial charge on any atom is 0.230 e. The van der Waals surface area contributed by atoms with Crippen LogP contribution in [-0.2, 0) is 4.79 Å². The summed E-state index contributed by atoms with van der Waals surface area (Å²) in [4.78, 5) is 19.5. The number of ether oxygens (including phenoxy) is 1. The molecule has 1 fully saturated rings. The van der Waals surface area contributed by atoms with Crippen molar-refractivity contribution in [3.05, 3.63) is 48.0 Å². The second kappa shape index (κ2) is 6.47. The van der Waals surface area contributed by atoms with Crippen LogP contribution in [0.25, 0.3) is 5.65 Å². The minimum absolute atomic E-state index is 0.0354. The van der Waals surface area contributed by atoms with Gasteiger partial charge >= 0.3 is 0 Å². The molecule has 2 bridgehead atoms. The van der Waals surface area contributed by atoms with Crippen molar-refractivity contribution >= 4 is 23.1 Å². The Morgan fingerprint density at radius 2 is 2.21 bits per heavy atom. The molecule has 2 aliphatic heterocycles. The maximum atomic E-state index is 14.1. The van der Waals surface area contributed by atoms with Crippen molar-refractivity contribution in [3.63, 3.8) is 0 Å². The van der Waals surface area contributed by atoms with E-state index in [2.05, 4.69) is 15.3 Å². The molecule has 28 heavy (non-hydrogen) atoms. The van der Waals surface area contributed by atoms with E-state index in [1.165, 1.54) is 12.1 Å². The summed E-state index contributed by atoms with van der Waals surface area (Å²) < 4.78 is 21.7. The molecule has 0 radical (unpaired) electrons. The number of hydrogen-bond acceptors (Lipinski definition) is 5. The third kappa shape index (κ3) is 2.76. The molecule has 0 unspecified atom stereocenters. The summed E-state index contributed by atoms with van der Waals surface area (Å²) in [6.45, 7) is 2.81. The first kappa shape index (κ1) is 17.0. The van der Waals surface area contributed by atoms with E-state index in [-0.39, 0.29) is 24.4 Å². The molecule has 3 aromatic rings. The Balaban J connectivity index is 1.68. The maximum absolute atomic E-state index is 14.1. The van der Waals surface area contributed by atoms with Crippen LogP contribution in [0.5, 0.6) is 5.75 Å². The van der Waals surface area contributed by atoms with E-state index in [4.69, 9.17) is 9.72 Å². The molecule has 5 rings (SSSR count). The van der Waals surface area contributed by atoms with Crippen molar-refractivity contribution in [2.45, 2.75) is 25.8 Å². The largest absolute Gasteiger partial charge is 0.492 e. The smallest absolute Gasteiger partial charge is 0.230 e. The Bertz CT molecular complexity index is 1070. The van der Waals surface area contributed by atoms with Crippen molar-refractivity contribution in [2.75, 3.05) is 23.4 Å². The van der Waals surface area contributed by atoms with E-state index in [1.54, 1.807) is 23.7 Å². The topological polar surface area (TPSA) is 71.8 Å². The van der Waals surface area contributed by atoms with E-state index < -0.39 is 5.92 Å². The molecule has 1 aromatic carbocycles. The van der Waals surface area contributed by atoms with Crippen LogP contribution in [0.3, 0.4) is 0 Å². The number of carbonyl (C=O) groups excluding carboxylic acids is 1. The predicted molar refractivity (Wildman–Crippen MR) is 102 cm³/mol. The standard InChI is InChI=1S/C20H20FN5O2/c1-12-11-28-17-5-4-13(21)9-14(17)16-3-2-7-25(16)18-6-8-26-19(24-18)15(10-22-26)23-20(12)27/h4-6,8-10,12,16H,2-3,7,11H2,1H3,(H,23,27)/t12-,16+/m0/s1. The number of hydrogen-bond donors (Lipinski definition) is 1. The second-order valence-electron chi connectivity index (χ2n) is 7.35. The molecule has 0 saturated carbocycles. The Morgan fingerprint density at radius 1 is 1.32 bits per heavy atom. The van der Waals surface area contributed by atoms with E-state index in [9.17, 15) is 9.18 Å². The normalized spacial score (nSPS) is 21.9. The van der Waals surface area contributed by atoms with Crippen molar-refractivity contribution in [1.29, 1.82) is 0 Å². The van der Waals surface area contributed by atoms with Crippen LogP contribution < -0.4 is 15.0 Å². The van der Waals surface area contributed by atoms with Crippen molar-refractivity contribution in [1.82, 2.24) is 14.6 Å². The predicted octanol–water partition coefficient (Wildman–Crippen LogP) is 3.18. The highest BCUT2D eigenvalue weighted by atomic mass is 19.1. The summed E-state index contributed by atoms with van der Waals surface area (Å²) in [5.41, 5.74) is 1.94. The summed E-state index contributed by atoms with van der Waals surface area (Å²) in [7, 11) is 0. The minimum atomic E-state index is -0.392. The van der Waals surface area contributed by atoms with Crippen molar-refractivity contribution in [3.8, 4) is 5.75 Å². The molecule has 2 aliphatic rings. The molecule has 4 heterocycles. The highest BCUT2D eigenvalue weighted by Crippen LogP contribution is 2.40. The number of halogens is 1. The molecule has 1 N–H and O–H groups in total. The van der Waals surface area contributed by atoms with Crippen LogP contribution >= 0.6 is 0 Å². The third-order valence-electron chi connectivity index (χ3n) is 5.43. The molecule has 144 valence electrons. The number of aromatic nitrogens is 3. The summed E-state index contributed by atoms with van der Waals surface area (Å²) in [6.07, 6.45) is 5.29. The molecule has 8 heteroatoms. The Labute approximate surface area is 161 Å². The van der Waals surface area contributed by atoms with Gasteiger partial charge in [0.15, 0.2) is 5.65 Å². The average molecular weight is 381 g/mol. The Kier molecular flexibility index (Phi) is 3.92. The van der Waals surface area contributed by atoms with Crippen LogP contribution in [0.4, 0.5) is 15.9 Å². The van der Waals surface area contributed by atoms with E-state index in [0.29, 0.717) is 17.1 Å². The van der Waals surface area contributed by atoms with Gasteiger partial charge in [-0.2, -0.15) is 5.10 Å². The van der Waals surface area contributed by atoms with Gasteiger partial charge in [0.05, 0.1) is 24.8 Å². The molecule has 0 spiro atoms. The molecule has 1 amide bonds. The quantitative estimate of drug-likeness (QED) is 0.648. The molecule has 2 atom stereocenters. The van der Waals surface area contributed by atoms with Gasteiger partial charge in [0.25, 0.3) is 0 Å². The van der Waals surface area contributed by atoms with E-state index in [0.717, 1.165) is 30.8 Å². The number of carbonyl (C=O) groups is 1. The first-order chi connectivity index (χ1) is 13.6. The average Bonchev–Trinajstić information content (AvgIpc) is 3.33. The SMILES string of the molecule is C[C@H]1COc2ccc(F)cc2[C@H]2CCCN2c2ccn3ncc(c3n2)NC1=O. The monoisotopic (exact) mass is 381 g/mol. The number of rotatable bonds is 0. The first-order valence-corrected chi connectivity index (χ1v) is 9.44. The molecule has 7 nitrogen and oxygen atoms in total. The molecule has 0 aliphatic carbocycles. The number of anilines is 2. The van der Waals surface area contributed by atoms with E-state index >= 15 is 0 Å². The highest BCUT2D eigenvalue weighted by Gasteiger charge is 2.31. The number of amides is 1. The van der Waals surface area contributed by atoms with Crippen LogP contribution in [0.15, 0.2) is 36.7 Å². The fourth-order valence-electron chi connectivity index (χ4n) is 3.93. The number of benzene rings is 1. The van der Waals surface area contributed by atoms with Crippen LogP contribution in [0.2, 0.25) is 0 Å². The Morgan fingerprint density at radius 3 is 3.11 bits per heavy atom. The minimum Gasteiger partial charge on any atom is -0.492 e. The lowest BCUT2D eigenvalue weighted by atomic mass is 10.0.